The Bertz CT molecular complexity index is 1000. The fraction of sp³-hybridized carbons (Fsp3) is 0.333. The molecular formula is C21H22N2O3S. The smallest absolute Gasteiger partial charge is 0.264 e. The third kappa shape index (κ3) is 3.82. The van der Waals surface area contributed by atoms with Crippen molar-refractivity contribution in [1.82, 2.24) is 9.88 Å². The summed E-state index contributed by atoms with van der Waals surface area (Å²) in [5.74, 6) is -0.0516. The van der Waals surface area contributed by atoms with Gasteiger partial charge in [0, 0.05) is 18.7 Å². The maximum absolute atomic E-state index is 13.0. The first-order valence-electron chi connectivity index (χ1n) is 9.18. The summed E-state index contributed by atoms with van der Waals surface area (Å²) in [6.07, 6.45) is 2.00. The number of fused-ring (bicyclic) bond motifs is 1. The number of carbonyl (C=O) groups excluding carboxylic acids is 1. The SMILES string of the molecule is Cc1cccc2cc(CN(C[C@H]3CCCO3)C(=O)c3cccs3)c(=O)[nH]c12. The summed E-state index contributed by atoms with van der Waals surface area (Å²) >= 11 is 1.42. The maximum Gasteiger partial charge on any atom is 0.264 e. The zero-order chi connectivity index (χ0) is 18.8. The molecule has 140 valence electrons. The van der Waals surface area contributed by atoms with Gasteiger partial charge in [0.15, 0.2) is 0 Å². The summed E-state index contributed by atoms with van der Waals surface area (Å²) < 4.78 is 5.73. The van der Waals surface area contributed by atoms with Crippen molar-refractivity contribution >= 4 is 28.1 Å². The van der Waals surface area contributed by atoms with Crippen molar-refractivity contribution < 1.29 is 9.53 Å². The van der Waals surface area contributed by atoms with Crippen LogP contribution in [0.15, 0.2) is 46.6 Å². The topological polar surface area (TPSA) is 62.4 Å². The molecule has 0 bridgehead atoms. The van der Waals surface area contributed by atoms with Gasteiger partial charge in [-0.2, -0.15) is 0 Å². The molecule has 2 aromatic heterocycles. The Balaban J connectivity index is 1.66. The van der Waals surface area contributed by atoms with Crippen molar-refractivity contribution in [3.8, 4) is 0 Å². The fourth-order valence-electron chi connectivity index (χ4n) is 3.56. The zero-order valence-corrected chi connectivity index (χ0v) is 16.1. The first kappa shape index (κ1) is 17.9. The number of nitrogens with one attached hydrogen (secondary N) is 1. The van der Waals surface area contributed by atoms with Crippen LogP contribution in [0.2, 0.25) is 0 Å². The quantitative estimate of drug-likeness (QED) is 0.732. The van der Waals surface area contributed by atoms with Gasteiger partial charge in [-0.25, -0.2) is 0 Å². The number of para-hydroxylation sites is 1. The van der Waals surface area contributed by atoms with E-state index in [1.807, 2.05) is 48.7 Å². The van der Waals surface area contributed by atoms with Crippen molar-refractivity contribution in [2.45, 2.75) is 32.4 Å². The molecule has 0 aliphatic carbocycles. The van der Waals surface area contributed by atoms with Crippen LogP contribution >= 0.6 is 11.3 Å². The van der Waals surface area contributed by atoms with Gasteiger partial charge < -0.3 is 14.6 Å². The molecular weight excluding hydrogens is 360 g/mol. The number of hydrogen-bond donors (Lipinski definition) is 1. The van der Waals surface area contributed by atoms with E-state index >= 15 is 0 Å². The van der Waals surface area contributed by atoms with Crippen LogP contribution in [0.3, 0.4) is 0 Å². The standard InChI is InChI=1S/C21H22N2O3S/c1-14-5-2-6-15-11-16(20(24)22-19(14)15)12-23(13-17-7-3-9-26-17)21(25)18-8-4-10-27-18/h2,4-6,8,10-11,17H,3,7,9,12-13H2,1H3,(H,22,24)/t17-/m1/s1. The monoisotopic (exact) mass is 382 g/mol. The predicted octanol–water partition coefficient (Wildman–Crippen LogP) is 3.72. The van der Waals surface area contributed by atoms with Crippen LogP contribution in [-0.4, -0.2) is 35.0 Å². The highest BCUT2D eigenvalue weighted by Gasteiger charge is 2.25. The van der Waals surface area contributed by atoms with E-state index in [2.05, 4.69) is 4.98 Å². The number of carbonyl (C=O) groups is 1. The Hall–Kier alpha value is -2.44. The van der Waals surface area contributed by atoms with E-state index in [1.54, 1.807) is 4.90 Å². The van der Waals surface area contributed by atoms with Crippen LogP contribution in [0.1, 0.15) is 33.6 Å². The minimum Gasteiger partial charge on any atom is -0.376 e. The molecule has 0 unspecified atom stereocenters. The van der Waals surface area contributed by atoms with Crippen LogP contribution < -0.4 is 5.56 Å². The average molecular weight is 382 g/mol. The van der Waals surface area contributed by atoms with E-state index < -0.39 is 0 Å². The first-order chi connectivity index (χ1) is 13.1. The highest BCUT2D eigenvalue weighted by Crippen LogP contribution is 2.20. The highest BCUT2D eigenvalue weighted by molar-refractivity contribution is 7.12. The second-order valence-electron chi connectivity index (χ2n) is 6.96. The number of ether oxygens (including phenoxy) is 1. The number of aromatic nitrogens is 1. The second-order valence-corrected chi connectivity index (χ2v) is 7.91. The van der Waals surface area contributed by atoms with Crippen LogP contribution in [0.4, 0.5) is 0 Å². The summed E-state index contributed by atoms with van der Waals surface area (Å²) in [5.41, 5.74) is 2.33. The lowest BCUT2D eigenvalue weighted by Crippen LogP contribution is -2.38. The van der Waals surface area contributed by atoms with E-state index in [0.717, 1.165) is 35.9 Å². The number of H-pyrrole nitrogens is 1. The first-order valence-corrected chi connectivity index (χ1v) is 10.1. The number of aryl methyl sites for hydroxylation is 1. The van der Waals surface area contributed by atoms with Gasteiger partial charge in [0.1, 0.15) is 0 Å². The molecule has 3 heterocycles. The molecule has 1 aromatic carbocycles. The van der Waals surface area contributed by atoms with E-state index in [-0.39, 0.29) is 24.1 Å². The lowest BCUT2D eigenvalue weighted by Gasteiger charge is -2.25. The van der Waals surface area contributed by atoms with Crippen molar-refractivity contribution in [2.24, 2.45) is 0 Å². The summed E-state index contributed by atoms with van der Waals surface area (Å²) in [6.45, 7) is 3.49. The highest BCUT2D eigenvalue weighted by atomic mass is 32.1. The number of pyridine rings is 1. The molecule has 1 fully saturated rings. The predicted molar refractivity (Wildman–Crippen MR) is 107 cm³/mol. The molecule has 27 heavy (non-hydrogen) atoms. The van der Waals surface area contributed by atoms with Crippen molar-refractivity contribution in [3.63, 3.8) is 0 Å². The third-order valence-electron chi connectivity index (χ3n) is 4.99. The molecule has 6 heteroatoms. The van der Waals surface area contributed by atoms with Crippen LogP contribution in [0.5, 0.6) is 0 Å². The molecule has 0 spiro atoms. The van der Waals surface area contributed by atoms with Crippen LogP contribution in [0.25, 0.3) is 10.9 Å². The summed E-state index contributed by atoms with van der Waals surface area (Å²) in [7, 11) is 0. The molecule has 0 saturated carbocycles. The number of rotatable bonds is 5. The number of benzene rings is 1. The molecule has 3 aromatic rings. The fourth-order valence-corrected chi connectivity index (χ4v) is 4.25. The molecule has 0 radical (unpaired) electrons. The van der Waals surface area contributed by atoms with Gasteiger partial charge in [0.05, 0.1) is 23.0 Å². The number of hydrogen-bond acceptors (Lipinski definition) is 4. The molecule has 1 N–H and O–H groups in total. The van der Waals surface area contributed by atoms with Gasteiger partial charge in [0.2, 0.25) is 0 Å². The lowest BCUT2D eigenvalue weighted by molar-refractivity contribution is 0.0510. The summed E-state index contributed by atoms with van der Waals surface area (Å²) in [5, 5.41) is 2.87. The van der Waals surface area contributed by atoms with Crippen LogP contribution in [-0.2, 0) is 11.3 Å². The summed E-state index contributed by atoms with van der Waals surface area (Å²) in [6, 6.07) is 11.5. The maximum atomic E-state index is 13.0. The van der Waals surface area contributed by atoms with E-state index in [4.69, 9.17) is 4.74 Å². The van der Waals surface area contributed by atoms with Gasteiger partial charge in [-0.1, -0.05) is 24.3 Å². The third-order valence-corrected chi connectivity index (χ3v) is 5.85. The Morgan fingerprint density at radius 3 is 2.96 bits per heavy atom. The van der Waals surface area contributed by atoms with Crippen molar-refractivity contribution in [3.05, 3.63) is 68.1 Å². The lowest BCUT2D eigenvalue weighted by atomic mass is 10.1. The van der Waals surface area contributed by atoms with E-state index in [0.29, 0.717) is 17.0 Å². The number of nitrogens with zero attached hydrogens (tertiary/aromatic N) is 1. The van der Waals surface area contributed by atoms with Gasteiger partial charge >= 0.3 is 0 Å². The molecule has 1 aliphatic rings. The van der Waals surface area contributed by atoms with Crippen molar-refractivity contribution in [2.75, 3.05) is 13.2 Å². The molecule has 1 aliphatic heterocycles. The second kappa shape index (κ2) is 7.66. The molecule has 4 rings (SSSR count). The Morgan fingerprint density at radius 2 is 2.22 bits per heavy atom. The normalized spacial score (nSPS) is 16.7. The largest absolute Gasteiger partial charge is 0.376 e. The number of thiophene rings is 1. The minimum atomic E-state index is -0.145. The molecule has 1 amide bonds. The number of amides is 1. The molecule has 1 atom stereocenters. The van der Waals surface area contributed by atoms with E-state index in [9.17, 15) is 9.59 Å². The van der Waals surface area contributed by atoms with Gasteiger partial charge in [0.25, 0.3) is 11.5 Å². The molecule has 1 saturated heterocycles. The average Bonchev–Trinajstić information content (AvgIpc) is 3.36. The molecule has 5 nitrogen and oxygen atoms in total. The Morgan fingerprint density at radius 1 is 1.33 bits per heavy atom. The minimum absolute atomic E-state index is 0.0377. The van der Waals surface area contributed by atoms with Gasteiger partial charge in [-0.05, 0) is 48.2 Å². The van der Waals surface area contributed by atoms with Gasteiger partial charge in [-0.15, -0.1) is 11.3 Å². The Kier molecular flexibility index (Phi) is 5.09. The zero-order valence-electron chi connectivity index (χ0n) is 15.2. The van der Waals surface area contributed by atoms with E-state index in [1.165, 1.54) is 11.3 Å². The summed E-state index contributed by atoms with van der Waals surface area (Å²) in [4.78, 5) is 31.0. The van der Waals surface area contributed by atoms with Crippen molar-refractivity contribution in [1.29, 1.82) is 0 Å². The van der Waals surface area contributed by atoms with Crippen LogP contribution in [0, 0.1) is 6.92 Å². The number of aromatic amines is 1. The van der Waals surface area contributed by atoms with Gasteiger partial charge in [-0.3, -0.25) is 9.59 Å². The Labute approximate surface area is 161 Å².